The summed E-state index contributed by atoms with van der Waals surface area (Å²) >= 11 is 0. The Morgan fingerprint density at radius 1 is 1.12 bits per heavy atom. The summed E-state index contributed by atoms with van der Waals surface area (Å²) in [6.07, 6.45) is 0. The van der Waals surface area contributed by atoms with Gasteiger partial charge in [-0.05, 0) is 0 Å². The zero-order valence-electron chi connectivity index (χ0n) is 9.14. The summed E-state index contributed by atoms with van der Waals surface area (Å²) in [5, 5.41) is 7.87. The molecule has 82 valence electrons. The number of nitrogens with one attached hydrogen (secondary N) is 1. The zero-order valence-corrected chi connectivity index (χ0v) is 9.14. The molecule has 0 unspecified atom stereocenters. The Balaban J connectivity index is 2.49. The lowest BCUT2D eigenvalue weighted by atomic mass is 10.2. The van der Waals surface area contributed by atoms with Crippen molar-refractivity contribution < 1.29 is 0 Å². The summed E-state index contributed by atoms with van der Waals surface area (Å²) in [6.45, 7) is 0. The van der Waals surface area contributed by atoms with E-state index in [0.29, 0.717) is 11.6 Å². The van der Waals surface area contributed by atoms with Gasteiger partial charge in [0.2, 0.25) is 5.95 Å². The van der Waals surface area contributed by atoms with Gasteiger partial charge in [-0.1, -0.05) is 30.3 Å². The highest BCUT2D eigenvalue weighted by Gasteiger charge is 2.07. The minimum absolute atomic E-state index is 0.232. The molecule has 0 aliphatic carbocycles. The second-order valence-electron chi connectivity index (χ2n) is 3.59. The first-order valence-corrected chi connectivity index (χ1v) is 4.88. The van der Waals surface area contributed by atoms with Crippen LogP contribution in [0.4, 0.5) is 5.95 Å². The molecule has 0 fully saturated rings. The molecule has 0 spiro atoms. The number of hydrogen-bond acceptors (Lipinski definition) is 4. The lowest BCUT2D eigenvalue weighted by molar-refractivity contribution is 0.894. The van der Waals surface area contributed by atoms with Crippen molar-refractivity contribution in [1.82, 2.24) is 15.2 Å². The molecule has 0 aliphatic rings. The van der Waals surface area contributed by atoms with E-state index in [2.05, 4.69) is 15.2 Å². The molecule has 2 rings (SSSR count). The Bertz CT molecular complexity index is 533. The molecular weight excluding hydrogens is 204 g/mol. The standard InChI is InChI=1S/C11H12N4O/c1-15(2)11-12-10(16)9(13-14-11)8-6-4-3-5-7-8/h3-7H,1-2H3,(H,12,14,16). The van der Waals surface area contributed by atoms with Gasteiger partial charge in [0, 0.05) is 19.7 Å². The van der Waals surface area contributed by atoms with Crippen molar-refractivity contribution in [1.29, 1.82) is 0 Å². The molecule has 0 amide bonds. The van der Waals surface area contributed by atoms with Crippen molar-refractivity contribution in [3.63, 3.8) is 0 Å². The molecular formula is C11H12N4O. The maximum Gasteiger partial charge on any atom is 0.279 e. The quantitative estimate of drug-likeness (QED) is 0.810. The SMILES string of the molecule is CN(C)c1nnc(-c2ccccc2)c(=O)[nH]1. The van der Waals surface area contributed by atoms with Gasteiger partial charge in [-0.3, -0.25) is 9.78 Å². The molecule has 1 aromatic carbocycles. The van der Waals surface area contributed by atoms with E-state index in [9.17, 15) is 4.79 Å². The number of nitrogens with zero attached hydrogens (tertiary/aromatic N) is 3. The summed E-state index contributed by atoms with van der Waals surface area (Å²) in [5.74, 6) is 0.449. The lowest BCUT2D eigenvalue weighted by Gasteiger charge is -2.09. The molecule has 2 aromatic rings. The van der Waals surface area contributed by atoms with Crippen molar-refractivity contribution in [2.75, 3.05) is 19.0 Å². The molecule has 16 heavy (non-hydrogen) atoms. The van der Waals surface area contributed by atoms with E-state index < -0.39 is 0 Å². The van der Waals surface area contributed by atoms with E-state index in [4.69, 9.17) is 0 Å². The minimum Gasteiger partial charge on any atom is -0.347 e. The van der Waals surface area contributed by atoms with E-state index in [1.807, 2.05) is 30.3 Å². The molecule has 1 N–H and O–H groups in total. The molecule has 5 heteroatoms. The van der Waals surface area contributed by atoms with Crippen LogP contribution < -0.4 is 10.5 Å². The molecule has 1 heterocycles. The summed E-state index contributed by atoms with van der Waals surface area (Å²) in [4.78, 5) is 16.1. The molecule has 0 bridgehead atoms. The largest absolute Gasteiger partial charge is 0.347 e. The molecule has 0 radical (unpaired) electrons. The molecule has 0 saturated heterocycles. The molecule has 0 atom stereocenters. The van der Waals surface area contributed by atoms with Gasteiger partial charge in [-0.2, -0.15) is 0 Å². The van der Waals surface area contributed by atoms with E-state index in [1.54, 1.807) is 19.0 Å². The first-order chi connectivity index (χ1) is 7.68. The zero-order chi connectivity index (χ0) is 11.5. The molecule has 5 nitrogen and oxygen atoms in total. The highest BCUT2D eigenvalue weighted by Crippen LogP contribution is 2.11. The van der Waals surface area contributed by atoms with Crippen LogP contribution in [0.25, 0.3) is 11.3 Å². The fourth-order valence-corrected chi connectivity index (χ4v) is 1.31. The van der Waals surface area contributed by atoms with Gasteiger partial charge in [-0.25, -0.2) is 0 Å². The van der Waals surface area contributed by atoms with E-state index in [-0.39, 0.29) is 5.56 Å². The van der Waals surface area contributed by atoms with Gasteiger partial charge < -0.3 is 4.90 Å². The first-order valence-electron chi connectivity index (χ1n) is 4.88. The van der Waals surface area contributed by atoms with Crippen LogP contribution in [0.2, 0.25) is 0 Å². The number of hydrogen-bond donors (Lipinski definition) is 1. The Labute approximate surface area is 92.8 Å². The Kier molecular flexibility index (Phi) is 2.68. The normalized spacial score (nSPS) is 10.1. The summed E-state index contributed by atoms with van der Waals surface area (Å²) < 4.78 is 0. The average molecular weight is 216 g/mol. The van der Waals surface area contributed by atoms with Crippen molar-refractivity contribution >= 4 is 5.95 Å². The fourth-order valence-electron chi connectivity index (χ4n) is 1.31. The highest BCUT2D eigenvalue weighted by atomic mass is 16.1. The fraction of sp³-hybridized carbons (Fsp3) is 0.182. The van der Waals surface area contributed by atoms with Crippen LogP contribution in [0.5, 0.6) is 0 Å². The van der Waals surface area contributed by atoms with Crippen molar-refractivity contribution in [2.24, 2.45) is 0 Å². The third-order valence-corrected chi connectivity index (χ3v) is 2.16. The number of benzene rings is 1. The van der Waals surface area contributed by atoms with Crippen LogP contribution in [-0.2, 0) is 0 Å². The van der Waals surface area contributed by atoms with Crippen molar-refractivity contribution in [3.8, 4) is 11.3 Å². The van der Waals surface area contributed by atoms with Crippen molar-refractivity contribution in [3.05, 3.63) is 40.7 Å². The topological polar surface area (TPSA) is 61.9 Å². The number of rotatable bonds is 2. The van der Waals surface area contributed by atoms with Gasteiger partial charge in [0.05, 0.1) is 0 Å². The van der Waals surface area contributed by atoms with Crippen LogP contribution in [0.15, 0.2) is 35.1 Å². The number of anilines is 1. The predicted molar refractivity (Wildman–Crippen MR) is 62.4 cm³/mol. The Hall–Kier alpha value is -2.17. The van der Waals surface area contributed by atoms with Crippen LogP contribution in [0.1, 0.15) is 0 Å². The maximum absolute atomic E-state index is 11.8. The Morgan fingerprint density at radius 3 is 2.38 bits per heavy atom. The van der Waals surface area contributed by atoms with E-state index in [1.165, 1.54) is 0 Å². The van der Waals surface area contributed by atoms with Crippen molar-refractivity contribution in [2.45, 2.75) is 0 Å². The third-order valence-electron chi connectivity index (χ3n) is 2.16. The van der Waals surface area contributed by atoms with Crippen LogP contribution >= 0.6 is 0 Å². The molecule has 1 aromatic heterocycles. The van der Waals surface area contributed by atoms with Gasteiger partial charge in [0.15, 0.2) is 5.69 Å². The predicted octanol–water partition coefficient (Wildman–Crippen LogP) is 0.898. The van der Waals surface area contributed by atoms with Gasteiger partial charge >= 0.3 is 0 Å². The maximum atomic E-state index is 11.8. The summed E-state index contributed by atoms with van der Waals surface area (Å²) in [5.41, 5.74) is 0.873. The van der Waals surface area contributed by atoms with Crippen LogP contribution in [0.3, 0.4) is 0 Å². The first kappa shape index (κ1) is 10.4. The Morgan fingerprint density at radius 2 is 1.81 bits per heavy atom. The third kappa shape index (κ3) is 1.93. The van der Waals surface area contributed by atoms with Gasteiger partial charge in [-0.15, -0.1) is 10.2 Å². The van der Waals surface area contributed by atoms with Crippen LogP contribution in [0, 0.1) is 0 Å². The van der Waals surface area contributed by atoms with Crippen LogP contribution in [-0.4, -0.2) is 29.3 Å². The monoisotopic (exact) mass is 216 g/mol. The van der Waals surface area contributed by atoms with E-state index >= 15 is 0 Å². The second kappa shape index (κ2) is 4.14. The van der Waals surface area contributed by atoms with Gasteiger partial charge in [0.25, 0.3) is 5.56 Å². The average Bonchev–Trinajstić information content (AvgIpc) is 2.30. The summed E-state index contributed by atoms with van der Waals surface area (Å²) in [7, 11) is 3.59. The second-order valence-corrected chi connectivity index (χ2v) is 3.59. The molecule has 0 saturated carbocycles. The molecule has 0 aliphatic heterocycles. The highest BCUT2D eigenvalue weighted by molar-refractivity contribution is 5.57. The van der Waals surface area contributed by atoms with Gasteiger partial charge in [0.1, 0.15) is 0 Å². The minimum atomic E-state index is -0.232. The smallest absolute Gasteiger partial charge is 0.279 e. The number of aromatic amines is 1. The number of aromatic nitrogens is 3. The number of H-pyrrole nitrogens is 1. The summed E-state index contributed by atoms with van der Waals surface area (Å²) in [6, 6.07) is 9.26. The lowest BCUT2D eigenvalue weighted by Crippen LogP contribution is -2.21. The van der Waals surface area contributed by atoms with E-state index in [0.717, 1.165) is 5.56 Å².